The lowest BCUT2D eigenvalue weighted by Crippen LogP contribution is -2.31. The minimum Gasteiger partial charge on any atom is -0.356 e. The summed E-state index contributed by atoms with van der Waals surface area (Å²) in [4.78, 5) is 23.4. The Balaban J connectivity index is 2.34. The number of benzene rings is 1. The highest BCUT2D eigenvalue weighted by atomic mass is 16.2. The van der Waals surface area contributed by atoms with Crippen molar-refractivity contribution in [3.63, 3.8) is 0 Å². The van der Waals surface area contributed by atoms with Gasteiger partial charge < -0.3 is 11.1 Å². The number of carbonyl (C=O) groups is 2. The van der Waals surface area contributed by atoms with E-state index in [1.54, 1.807) is 12.1 Å². The van der Waals surface area contributed by atoms with E-state index in [2.05, 4.69) is 5.32 Å². The van der Waals surface area contributed by atoms with E-state index in [1.807, 2.05) is 26.0 Å². The molecule has 1 amide bonds. The molecule has 104 valence electrons. The number of nitrogens with one attached hydrogen (secondary N) is 1. The molecule has 0 aliphatic carbocycles. The SMILES string of the molecule is Cc1ccc(C(=O)CCC(=O)NCC(C)CN)cc1. The average molecular weight is 262 g/mol. The zero-order valence-electron chi connectivity index (χ0n) is 11.6. The van der Waals surface area contributed by atoms with Crippen molar-refractivity contribution in [3.05, 3.63) is 35.4 Å². The first-order valence-corrected chi connectivity index (χ1v) is 6.59. The van der Waals surface area contributed by atoms with Crippen LogP contribution in [0.4, 0.5) is 0 Å². The fourth-order valence-electron chi connectivity index (χ4n) is 1.57. The van der Waals surface area contributed by atoms with Crippen LogP contribution in [-0.2, 0) is 4.79 Å². The van der Waals surface area contributed by atoms with E-state index in [1.165, 1.54) is 0 Å². The van der Waals surface area contributed by atoms with E-state index >= 15 is 0 Å². The van der Waals surface area contributed by atoms with Crippen molar-refractivity contribution in [2.45, 2.75) is 26.7 Å². The van der Waals surface area contributed by atoms with Gasteiger partial charge in [-0.15, -0.1) is 0 Å². The molecule has 1 atom stereocenters. The molecule has 3 N–H and O–H groups in total. The van der Waals surface area contributed by atoms with Crippen LogP contribution in [0.1, 0.15) is 35.7 Å². The maximum atomic E-state index is 11.9. The van der Waals surface area contributed by atoms with Crippen LogP contribution >= 0.6 is 0 Å². The first-order valence-electron chi connectivity index (χ1n) is 6.59. The molecule has 0 spiro atoms. The number of Topliss-reactive ketones (excluding diaryl/α,β-unsaturated/α-hetero) is 1. The summed E-state index contributed by atoms with van der Waals surface area (Å²) in [5, 5.41) is 2.78. The molecule has 0 aliphatic rings. The second-order valence-electron chi connectivity index (χ2n) is 4.93. The Hall–Kier alpha value is -1.68. The maximum Gasteiger partial charge on any atom is 0.220 e. The summed E-state index contributed by atoms with van der Waals surface area (Å²) in [7, 11) is 0. The summed E-state index contributed by atoms with van der Waals surface area (Å²) in [6.45, 7) is 5.05. The Morgan fingerprint density at radius 2 is 1.84 bits per heavy atom. The van der Waals surface area contributed by atoms with Crippen LogP contribution in [0, 0.1) is 12.8 Å². The van der Waals surface area contributed by atoms with Gasteiger partial charge in [-0.2, -0.15) is 0 Å². The summed E-state index contributed by atoms with van der Waals surface area (Å²) in [5.41, 5.74) is 7.24. The molecule has 1 rings (SSSR count). The molecular weight excluding hydrogens is 240 g/mol. The minimum atomic E-state index is -0.0965. The molecular formula is C15H22N2O2. The summed E-state index contributed by atoms with van der Waals surface area (Å²) in [6, 6.07) is 7.39. The Morgan fingerprint density at radius 1 is 1.21 bits per heavy atom. The van der Waals surface area contributed by atoms with Gasteiger partial charge in [-0.1, -0.05) is 36.8 Å². The molecule has 0 aromatic heterocycles. The molecule has 1 unspecified atom stereocenters. The van der Waals surface area contributed by atoms with E-state index in [4.69, 9.17) is 5.73 Å². The van der Waals surface area contributed by atoms with Gasteiger partial charge in [-0.3, -0.25) is 9.59 Å². The first kappa shape index (κ1) is 15.4. The number of hydrogen-bond donors (Lipinski definition) is 2. The molecule has 0 saturated heterocycles. The van der Waals surface area contributed by atoms with Gasteiger partial charge in [0, 0.05) is 24.9 Å². The van der Waals surface area contributed by atoms with Gasteiger partial charge in [-0.25, -0.2) is 0 Å². The molecule has 0 fully saturated rings. The highest BCUT2D eigenvalue weighted by Gasteiger charge is 2.09. The molecule has 0 aliphatic heterocycles. The van der Waals surface area contributed by atoms with Gasteiger partial charge in [0.25, 0.3) is 0 Å². The third kappa shape index (κ3) is 5.66. The molecule has 0 bridgehead atoms. The van der Waals surface area contributed by atoms with Crippen LogP contribution < -0.4 is 11.1 Å². The lowest BCUT2D eigenvalue weighted by molar-refractivity contribution is -0.121. The largest absolute Gasteiger partial charge is 0.356 e. The van der Waals surface area contributed by atoms with Crippen LogP contribution in [0.3, 0.4) is 0 Å². The number of aryl methyl sites for hydroxylation is 1. The zero-order chi connectivity index (χ0) is 14.3. The smallest absolute Gasteiger partial charge is 0.220 e. The van der Waals surface area contributed by atoms with Gasteiger partial charge in [0.15, 0.2) is 5.78 Å². The lowest BCUT2D eigenvalue weighted by atomic mass is 10.0. The van der Waals surface area contributed by atoms with Crippen molar-refractivity contribution in [3.8, 4) is 0 Å². The number of rotatable bonds is 7. The summed E-state index contributed by atoms with van der Waals surface area (Å²) in [5.74, 6) is 0.166. The Kier molecular flexibility index (Phi) is 6.22. The van der Waals surface area contributed by atoms with E-state index in [9.17, 15) is 9.59 Å². The van der Waals surface area contributed by atoms with Gasteiger partial charge in [0.1, 0.15) is 0 Å². The van der Waals surface area contributed by atoms with E-state index in [0.29, 0.717) is 18.7 Å². The third-order valence-corrected chi connectivity index (χ3v) is 3.00. The molecule has 4 heteroatoms. The van der Waals surface area contributed by atoms with E-state index < -0.39 is 0 Å². The molecule has 1 aromatic carbocycles. The topological polar surface area (TPSA) is 72.2 Å². The van der Waals surface area contributed by atoms with Gasteiger partial charge >= 0.3 is 0 Å². The van der Waals surface area contributed by atoms with Crippen LogP contribution in [0.25, 0.3) is 0 Å². The lowest BCUT2D eigenvalue weighted by Gasteiger charge is -2.09. The normalized spacial score (nSPS) is 11.9. The molecule has 0 saturated carbocycles. The standard InChI is InChI=1S/C15H22N2O2/c1-11-3-5-13(6-4-11)14(18)7-8-15(19)17-10-12(2)9-16/h3-6,12H,7-10,16H2,1-2H3,(H,17,19). The second kappa shape index (κ2) is 7.69. The summed E-state index contributed by atoms with van der Waals surface area (Å²) >= 11 is 0. The molecule has 0 heterocycles. The summed E-state index contributed by atoms with van der Waals surface area (Å²) in [6.07, 6.45) is 0.468. The van der Waals surface area contributed by atoms with E-state index in [0.717, 1.165) is 5.56 Å². The predicted molar refractivity (Wildman–Crippen MR) is 76.0 cm³/mol. The zero-order valence-corrected chi connectivity index (χ0v) is 11.6. The quantitative estimate of drug-likeness (QED) is 0.734. The Labute approximate surface area is 114 Å². The summed E-state index contributed by atoms with van der Waals surface area (Å²) < 4.78 is 0. The second-order valence-corrected chi connectivity index (χ2v) is 4.93. The number of carbonyl (C=O) groups excluding carboxylic acids is 2. The van der Waals surface area contributed by atoms with Crippen molar-refractivity contribution in [1.82, 2.24) is 5.32 Å². The molecule has 1 aromatic rings. The number of nitrogens with two attached hydrogens (primary N) is 1. The van der Waals surface area contributed by atoms with Gasteiger partial charge in [0.2, 0.25) is 5.91 Å². The molecule has 19 heavy (non-hydrogen) atoms. The van der Waals surface area contributed by atoms with Crippen LogP contribution in [0.2, 0.25) is 0 Å². The van der Waals surface area contributed by atoms with Gasteiger partial charge in [-0.05, 0) is 19.4 Å². The van der Waals surface area contributed by atoms with Crippen LogP contribution in [-0.4, -0.2) is 24.8 Å². The van der Waals surface area contributed by atoms with Crippen LogP contribution in [0.5, 0.6) is 0 Å². The van der Waals surface area contributed by atoms with Crippen LogP contribution in [0.15, 0.2) is 24.3 Å². The fraction of sp³-hybridized carbons (Fsp3) is 0.467. The number of hydrogen-bond acceptors (Lipinski definition) is 3. The monoisotopic (exact) mass is 262 g/mol. The number of ketones is 1. The highest BCUT2D eigenvalue weighted by Crippen LogP contribution is 2.07. The average Bonchev–Trinajstić information content (AvgIpc) is 2.42. The Morgan fingerprint density at radius 3 is 2.42 bits per heavy atom. The van der Waals surface area contributed by atoms with Crippen molar-refractivity contribution in [2.75, 3.05) is 13.1 Å². The van der Waals surface area contributed by atoms with Crippen molar-refractivity contribution in [2.24, 2.45) is 11.7 Å². The first-order chi connectivity index (χ1) is 9.02. The predicted octanol–water partition coefficient (Wildman–Crippen LogP) is 1.67. The minimum absolute atomic E-state index is 0.00187. The van der Waals surface area contributed by atoms with Gasteiger partial charge in [0.05, 0.1) is 0 Å². The Bertz CT molecular complexity index is 426. The fourth-order valence-corrected chi connectivity index (χ4v) is 1.57. The van der Waals surface area contributed by atoms with Crippen molar-refractivity contribution < 1.29 is 9.59 Å². The van der Waals surface area contributed by atoms with Crippen molar-refractivity contribution >= 4 is 11.7 Å². The van der Waals surface area contributed by atoms with E-state index in [-0.39, 0.29) is 30.4 Å². The van der Waals surface area contributed by atoms with Crippen molar-refractivity contribution in [1.29, 1.82) is 0 Å². The third-order valence-electron chi connectivity index (χ3n) is 3.00. The number of amides is 1. The highest BCUT2D eigenvalue weighted by molar-refractivity contribution is 5.97. The maximum absolute atomic E-state index is 11.9. The molecule has 0 radical (unpaired) electrons. The molecule has 4 nitrogen and oxygen atoms in total.